The Labute approximate surface area is 114 Å². The summed E-state index contributed by atoms with van der Waals surface area (Å²) in [5.41, 5.74) is 0. The fraction of sp³-hybridized carbons (Fsp3) is 0.857. The minimum Gasteiger partial charge on any atom is -0.481 e. The summed E-state index contributed by atoms with van der Waals surface area (Å²) in [6.07, 6.45) is 5.38. The van der Waals surface area contributed by atoms with Crippen molar-refractivity contribution < 1.29 is 14.7 Å². The van der Waals surface area contributed by atoms with Crippen molar-refractivity contribution >= 4 is 11.9 Å². The number of carbonyl (C=O) groups excluding carboxylic acids is 1. The van der Waals surface area contributed by atoms with Gasteiger partial charge in [-0.3, -0.25) is 9.59 Å². The van der Waals surface area contributed by atoms with Gasteiger partial charge in [-0.05, 0) is 51.0 Å². The third kappa shape index (κ3) is 4.20. The molecule has 0 bridgehead atoms. The fourth-order valence-electron chi connectivity index (χ4n) is 3.08. The number of rotatable bonds is 4. The molecule has 1 saturated carbocycles. The minimum atomic E-state index is -0.671. The Bertz CT molecular complexity index is 319. The standard InChI is InChI=1S/C14H24N2O3/c17-13(12-2-1-7-15-9-12)16-8-10-3-5-11(6-4-10)14(18)19/h10-12,15H,1-9H2,(H,16,17)(H,18,19)/t10?,11?,12-/m1/s1. The second-order valence-electron chi connectivity index (χ2n) is 5.84. The largest absolute Gasteiger partial charge is 0.481 e. The molecule has 0 radical (unpaired) electrons. The molecule has 0 aromatic carbocycles. The highest BCUT2D eigenvalue weighted by Crippen LogP contribution is 2.28. The highest BCUT2D eigenvalue weighted by atomic mass is 16.4. The summed E-state index contributed by atoms with van der Waals surface area (Å²) in [5, 5.41) is 15.2. The lowest BCUT2D eigenvalue weighted by atomic mass is 9.82. The molecule has 5 heteroatoms. The Balaban J connectivity index is 1.66. The lowest BCUT2D eigenvalue weighted by Crippen LogP contribution is -2.42. The smallest absolute Gasteiger partial charge is 0.306 e. The number of aliphatic carboxylic acids is 1. The van der Waals surface area contributed by atoms with Crippen LogP contribution in [0.25, 0.3) is 0 Å². The summed E-state index contributed by atoms with van der Waals surface area (Å²) in [4.78, 5) is 22.8. The average Bonchev–Trinajstić information content (AvgIpc) is 2.46. The van der Waals surface area contributed by atoms with Gasteiger partial charge in [0.1, 0.15) is 0 Å². The van der Waals surface area contributed by atoms with E-state index in [0.29, 0.717) is 12.5 Å². The van der Waals surface area contributed by atoms with E-state index in [-0.39, 0.29) is 17.7 Å². The molecule has 0 aromatic heterocycles. The van der Waals surface area contributed by atoms with Crippen molar-refractivity contribution in [3.05, 3.63) is 0 Å². The molecule has 1 aliphatic heterocycles. The third-order valence-corrected chi connectivity index (χ3v) is 4.43. The number of hydrogen-bond donors (Lipinski definition) is 3. The Morgan fingerprint density at radius 1 is 1.11 bits per heavy atom. The van der Waals surface area contributed by atoms with E-state index in [1.807, 2.05) is 0 Å². The van der Waals surface area contributed by atoms with Crippen LogP contribution in [0.5, 0.6) is 0 Å². The molecule has 2 rings (SSSR count). The van der Waals surface area contributed by atoms with Crippen molar-refractivity contribution in [2.24, 2.45) is 17.8 Å². The lowest BCUT2D eigenvalue weighted by Gasteiger charge is -2.27. The second kappa shape index (κ2) is 6.89. The van der Waals surface area contributed by atoms with Gasteiger partial charge in [-0.15, -0.1) is 0 Å². The second-order valence-corrected chi connectivity index (χ2v) is 5.84. The van der Waals surface area contributed by atoms with Crippen molar-refractivity contribution in [2.45, 2.75) is 38.5 Å². The first-order valence-corrected chi connectivity index (χ1v) is 7.38. The summed E-state index contributed by atoms with van der Waals surface area (Å²) in [6.45, 7) is 2.52. The van der Waals surface area contributed by atoms with Crippen molar-refractivity contribution in [3.8, 4) is 0 Å². The van der Waals surface area contributed by atoms with E-state index < -0.39 is 5.97 Å². The van der Waals surface area contributed by atoms with E-state index in [0.717, 1.165) is 51.6 Å². The maximum Gasteiger partial charge on any atom is 0.306 e. The zero-order chi connectivity index (χ0) is 13.7. The average molecular weight is 268 g/mol. The molecular weight excluding hydrogens is 244 g/mol. The Hall–Kier alpha value is -1.10. The number of amides is 1. The van der Waals surface area contributed by atoms with Crippen LogP contribution in [-0.2, 0) is 9.59 Å². The zero-order valence-corrected chi connectivity index (χ0v) is 11.4. The first kappa shape index (κ1) is 14.3. The number of carbonyl (C=O) groups is 2. The van der Waals surface area contributed by atoms with Crippen LogP contribution in [0, 0.1) is 17.8 Å². The van der Waals surface area contributed by atoms with Crippen LogP contribution in [0.1, 0.15) is 38.5 Å². The van der Waals surface area contributed by atoms with Crippen LogP contribution < -0.4 is 10.6 Å². The molecule has 1 atom stereocenters. The molecule has 0 spiro atoms. The van der Waals surface area contributed by atoms with Crippen LogP contribution >= 0.6 is 0 Å². The molecule has 1 saturated heterocycles. The van der Waals surface area contributed by atoms with E-state index >= 15 is 0 Å². The van der Waals surface area contributed by atoms with Gasteiger partial charge in [0.2, 0.25) is 5.91 Å². The Morgan fingerprint density at radius 2 is 1.84 bits per heavy atom. The zero-order valence-electron chi connectivity index (χ0n) is 11.4. The monoisotopic (exact) mass is 268 g/mol. The van der Waals surface area contributed by atoms with Crippen LogP contribution in [0.4, 0.5) is 0 Å². The number of hydrogen-bond acceptors (Lipinski definition) is 3. The first-order chi connectivity index (χ1) is 9.16. The van der Waals surface area contributed by atoms with Gasteiger partial charge in [0, 0.05) is 13.1 Å². The highest BCUT2D eigenvalue weighted by Gasteiger charge is 2.27. The summed E-state index contributed by atoms with van der Waals surface area (Å²) < 4.78 is 0. The molecule has 19 heavy (non-hydrogen) atoms. The molecule has 2 fully saturated rings. The van der Waals surface area contributed by atoms with Crippen LogP contribution in [-0.4, -0.2) is 36.6 Å². The van der Waals surface area contributed by atoms with Crippen molar-refractivity contribution in [3.63, 3.8) is 0 Å². The van der Waals surface area contributed by atoms with Crippen LogP contribution in [0.15, 0.2) is 0 Å². The molecule has 1 amide bonds. The molecule has 5 nitrogen and oxygen atoms in total. The highest BCUT2D eigenvalue weighted by molar-refractivity contribution is 5.79. The first-order valence-electron chi connectivity index (χ1n) is 7.38. The van der Waals surface area contributed by atoms with Gasteiger partial charge in [-0.25, -0.2) is 0 Å². The van der Waals surface area contributed by atoms with Gasteiger partial charge in [0.15, 0.2) is 0 Å². The normalized spacial score (nSPS) is 31.7. The summed E-state index contributed by atoms with van der Waals surface area (Å²) >= 11 is 0. The Kier molecular flexibility index (Phi) is 5.19. The number of nitrogens with one attached hydrogen (secondary N) is 2. The van der Waals surface area contributed by atoms with E-state index in [4.69, 9.17) is 5.11 Å². The third-order valence-electron chi connectivity index (χ3n) is 4.43. The molecule has 3 N–H and O–H groups in total. The molecule has 1 heterocycles. The topological polar surface area (TPSA) is 78.4 Å². The van der Waals surface area contributed by atoms with E-state index in [9.17, 15) is 9.59 Å². The maximum absolute atomic E-state index is 12.0. The molecule has 1 aliphatic carbocycles. The Morgan fingerprint density at radius 3 is 2.42 bits per heavy atom. The number of piperidine rings is 1. The molecule has 0 aromatic rings. The van der Waals surface area contributed by atoms with Crippen molar-refractivity contribution in [2.75, 3.05) is 19.6 Å². The van der Waals surface area contributed by atoms with E-state index in [1.54, 1.807) is 0 Å². The summed E-state index contributed by atoms with van der Waals surface area (Å²) in [6, 6.07) is 0. The van der Waals surface area contributed by atoms with Crippen molar-refractivity contribution in [1.82, 2.24) is 10.6 Å². The van der Waals surface area contributed by atoms with Gasteiger partial charge < -0.3 is 15.7 Å². The molecular formula is C14H24N2O3. The van der Waals surface area contributed by atoms with E-state index in [2.05, 4.69) is 10.6 Å². The van der Waals surface area contributed by atoms with Crippen molar-refractivity contribution in [1.29, 1.82) is 0 Å². The van der Waals surface area contributed by atoms with Gasteiger partial charge >= 0.3 is 5.97 Å². The lowest BCUT2D eigenvalue weighted by molar-refractivity contribution is -0.143. The van der Waals surface area contributed by atoms with Gasteiger partial charge in [-0.2, -0.15) is 0 Å². The predicted octanol–water partition coefficient (Wildman–Crippen LogP) is 0.993. The maximum atomic E-state index is 12.0. The van der Waals surface area contributed by atoms with Gasteiger partial charge in [-0.1, -0.05) is 0 Å². The van der Waals surface area contributed by atoms with Gasteiger partial charge in [0.05, 0.1) is 11.8 Å². The minimum absolute atomic E-state index is 0.115. The number of carboxylic acids is 1. The summed E-state index contributed by atoms with van der Waals surface area (Å²) in [7, 11) is 0. The SMILES string of the molecule is O=C(O)C1CCC(CNC(=O)[C@@H]2CCCNC2)CC1. The summed E-state index contributed by atoms with van der Waals surface area (Å²) in [5.74, 6) is -0.113. The van der Waals surface area contributed by atoms with Gasteiger partial charge in [0.25, 0.3) is 0 Å². The van der Waals surface area contributed by atoms with Crippen LogP contribution in [0.3, 0.4) is 0 Å². The fourth-order valence-corrected chi connectivity index (χ4v) is 3.08. The predicted molar refractivity (Wildman–Crippen MR) is 71.7 cm³/mol. The molecule has 0 unspecified atom stereocenters. The van der Waals surface area contributed by atoms with Crippen LogP contribution in [0.2, 0.25) is 0 Å². The number of carboxylic acid groups (broad SMARTS) is 1. The van der Waals surface area contributed by atoms with E-state index in [1.165, 1.54) is 0 Å². The quantitative estimate of drug-likeness (QED) is 0.710. The molecule has 108 valence electrons. The molecule has 2 aliphatic rings.